The molecule has 6 heteroatoms. The molecule has 1 aromatic carbocycles. The standard InChI is InChI=1S/C12H10N2O4/c15-11-8(13-12(16)14-11)5-7-1-2-9-10(6-7)18-4-3-17-9/h1-2,5-6H,3-4H2,(H2,13,14,15,16)/b8-5+. The smallest absolute Gasteiger partial charge is 0.326 e. The Hall–Kier alpha value is -2.50. The number of fused-ring (bicyclic) bond motifs is 1. The van der Waals surface area contributed by atoms with E-state index >= 15 is 0 Å². The van der Waals surface area contributed by atoms with Gasteiger partial charge in [0.05, 0.1) is 0 Å². The van der Waals surface area contributed by atoms with E-state index < -0.39 is 11.9 Å². The van der Waals surface area contributed by atoms with Gasteiger partial charge in [-0.05, 0) is 23.8 Å². The highest BCUT2D eigenvalue weighted by molar-refractivity contribution is 6.13. The highest BCUT2D eigenvalue weighted by atomic mass is 16.6. The van der Waals surface area contributed by atoms with Gasteiger partial charge in [0.1, 0.15) is 18.9 Å². The van der Waals surface area contributed by atoms with E-state index in [-0.39, 0.29) is 5.70 Å². The number of carbonyl (C=O) groups is 2. The van der Waals surface area contributed by atoms with Crippen LogP contribution >= 0.6 is 0 Å². The van der Waals surface area contributed by atoms with Crippen molar-refractivity contribution in [3.63, 3.8) is 0 Å². The third-order valence-corrected chi connectivity index (χ3v) is 2.60. The molecule has 0 bridgehead atoms. The van der Waals surface area contributed by atoms with E-state index in [1.54, 1.807) is 24.3 Å². The van der Waals surface area contributed by atoms with E-state index in [1.807, 2.05) is 0 Å². The zero-order valence-electron chi connectivity index (χ0n) is 9.36. The molecule has 0 aromatic heterocycles. The van der Waals surface area contributed by atoms with Gasteiger partial charge < -0.3 is 14.8 Å². The van der Waals surface area contributed by atoms with Crippen LogP contribution in [0.25, 0.3) is 6.08 Å². The predicted octanol–water partition coefficient (Wildman–Crippen LogP) is 0.638. The van der Waals surface area contributed by atoms with Crippen molar-refractivity contribution in [2.45, 2.75) is 0 Å². The summed E-state index contributed by atoms with van der Waals surface area (Å²) in [7, 11) is 0. The van der Waals surface area contributed by atoms with Crippen molar-refractivity contribution in [1.82, 2.24) is 10.6 Å². The van der Waals surface area contributed by atoms with Gasteiger partial charge in [-0.3, -0.25) is 10.1 Å². The van der Waals surface area contributed by atoms with Crippen molar-refractivity contribution >= 4 is 18.0 Å². The number of hydrogen-bond donors (Lipinski definition) is 2. The van der Waals surface area contributed by atoms with Gasteiger partial charge in [0.2, 0.25) is 0 Å². The fourth-order valence-electron chi connectivity index (χ4n) is 1.80. The molecule has 1 aromatic rings. The molecule has 3 rings (SSSR count). The molecule has 0 atom stereocenters. The minimum Gasteiger partial charge on any atom is -0.486 e. The largest absolute Gasteiger partial charge is 0.486 e. The van der Waals surface area contributed by atoms with Gasteiger partial charge in [0, 0.05) is 0 Å². The first kappa shape index (κ1) is 10.6. The van der Waals surface area contributed by atoms with Crippen LogP contribution in [0.3, 0.4) is 0 Å². The average Bonchev–Trinajstić information content (AvgIpc) is 2.68. The monoisotopic (exact) mass is 246 g/mol. The van der Waals surface area contributed by atoms with Crippen LogP contribution in [0.2, 0.25) is 0 Å². The molecular weight excluding hydrogens is 236 g/mol. The van der Waals surface area contributed by atoms with E-state index in [2.05, 4.69) is 10.6 Å². The Kier molecular flexibility index (Phi) is 2.40. The van der Waals surface area contributed by atoms with E-state index in [1.165, 1.54) is 0 Å². The van der Waals surface area contributed by atoms with Crippen LogP contribution in [0.1, 0.15) is 5.56 Å². The second-order valence-electron chi connectivity index (χ2n) is 3.87. The molecule has 1 saturated heterocycles. The number of benzene rings is 1. The Morgan fingerprint density at radius 3 is 2.56 bits per heavy atom. The fraction of sp³-hybridized carbons (Fsp3) is 0.167. The molecule has 1 fully saturated rings. The summed E-state index contributed by atoms with van der Waals surface area (Å²) < 4.78 is 10.8. The maximum Gasteiger partial charge on any atom is 0.326 e. The Labute approximate surface area is 103 Å². The van der Waals surface area contributed by atoms with Crippen molar-refractivity contribution in [2.24, 2.45) is 0 Å². The van der Waals surface area contributed by atoms with Crippen LogP contribution < -0.4 is 20.1 Å². The maximum atomic E-state index is 11.4. The Bertz CT molecular complexity index is 565. The van der Waals surface area contributed by atoms with Gasteiger partial charge in [-0.2, -0.15) is 0 Å². The summed E-state index contributed by atoms with van der Waals surface area (Å²) in [5.41, 5.74) is 0.975. The third kappa shape index (κ3) is 1.88. The highest BCUT2D eigenvalue weighted by Gasteiger charge is 2.23. The zero-order chi connectivity index (χ0) is 12.5. The van der Waals surface area contributed by atoms with Crippen molar-refractivity contribution in [1.29, 1.82) is 0 Å². The van der Waals surface area contributed by atoms with Crippen molar-refractivity contribution in [3.8, 4) is 11.5 Å². The van der Waals surface area contributed by atoms with Gasteiger partial charge in [-0.1, -0.05) is 6.07 Å². The number of carbonyl (C=O) groups excluding carboxylic acids is 2. The zero-order valence-corrected chi connectivity index (χ0v) is 9.36. The number of rotatable bonds is 1. The number of amides is 3. The number of urea groups is 1. The van der Waals surface area contributed by atoms with Gasteiger partial charge in [-0.25, -0.2) is 4.79 Å². The summed E-state index contributed by atoms with van der Waals surface area (Å²) in [6, 6.07) is 4.82. The Balaban J connectivity index is 1.91. The molecule has 92 valence electrons. The molecule has 2 N–H and O–H groups in total. The van der Waals surface area contributed by atoms with Crippen LogP contribution in [-0.2, 0) is 4.79 Å². The molecule has 18 heavy (non-hydrogen) atoms. The van der Waals surface area contributed by atoms with Crippen LogP contribution in [0, 0.1) is 0 Å². The maximum absolute atomic E-state index is 11.4. The lowest BCUT2D eigenvalue weighted by Gasteiger charge is -2.18. The molecule has 0 spiro atoms. The topological polar surface area (TPSA) is 76.7 Å². The van der Waals surface area contributed by atoms with E-state index in [0.29, 0.717) is 24.7 Å². The normalized spacial score (nSPS) is 19.7. The number of ether oxygens (including phenoxy) is 2. The number of imide groups is 1. The molecular formula is C12H10N2O4. The molecule has 2 aliphatic rings. The average molecular weight is 246 g/mol. The summed E-state index contributed by atoms with van der Waals surface area (Å²) in [6.45, 7) is 1.04. The summed E-state index contributed by atoms with van der Waals surface area (Å²) >= 11 is 0. The van der Waals surface area contributed by atoms with Crippen LogP contribution in [-0.4, -0.2) is 25.2 Å². The second-order valence-corrected chi connectivity index (χ2v) is 3.87. The van der Waals surface area contributed by atoms with Crippen LogP contribution in [0.5, 0.6) is 11.5 Å². The van der Waals surface area contributed by atoms with E-state index in [4.69, 9.17) is 9.47 Å². The molecule has 2 heterocycles. The lowest BCUT2D eigenvalue weighted by atomic mass is 10.1. The first-order chi connectivity index (χ1) is 8.72. The molecule has 0 unspecified atom stereocenters. The van der Waals surface area contributed by atoms with Gasteiger partial charge in [0.15, 0.2) is 11.5 Å². The van der Waals surface area contributed by atoms with Gasteiger partial charge in [0.25, 0.3) is 5.91 Å². The second kappa shape index (κ2) is 4.06. The number of hydrogen-bond acceptors (Lipinski definition) is 4. The summed E-state index contributed by atoms with van der Waals surface area (Å²) in [4.78, 5) is 22.3. The van der Waals surface area contributed by atoms with Crippen molar-refractivity contribution in [3.05, 3.63) is 29.5 Å². The van der Waals surface area contributed by atoms with Crippen molar-refractivity contribution < 1.29 is 19.1 Å². The lowest BCUT2D eigenvalue weighted by molar-refractivity contribution is -0.115. The fourth-order valence-corrected chi connectivity index (χ4v) is 1.80. The summed E-state index contributed by atoms with van der Waals surface area (Å²) in [5, 5.41) is 4.56. The molecule has 6 nitrogen and oxygen atoms in total. The number of nitrogens with one attached hydrogen (secondary N) is 2. The predicted molar refractivity (Wildman–Crippen MR) is 62.1 cm³/mol. The van der Waals surface area contributed by atoms with E-state index in [9.17, 15) is 9.59 Å². The third-order valence-electron chi connectivity index (χ3n) is 2.60. The first-order valence-corrected chi connectivity index (χ1v) is 5.46. The summed E-state index contributed by atoms with van der Waals surface area (Å²) in [6.07, 6.45) is 1.58. The molecule has 2 aliphatic heterocycles. The van der Waals surface area contributed by atoms with Gasteiger partial charge in [-0.15, -0.1) is 0 Å². The Morgan fingerprint density at radius 2 is 1.83 bits per heavy atom. The minimum absolute atomic E-state index is 0.219. The molecule has 0 saturated carbocycles. The quantitative estimate of drug-likeness (QED) is 0.563. The molecule has 0 radical (unpaired) electrons. The minimum atomic E-state index is -0.510. The van der Waals surface area contributed by atoms with Crippen molar-refractivity contribution in [2.75, 3.05) is 13.2 Å². The lowest BCUT2D eigenvalue weighted by Crippen LogP contribution is -2.22. The highest BCUT2D eigenvalue weighted by Crippen LogP contribution is 2.31. The molecule has 0 aliphatic carbocycles. The van der Waals surface area contributed by atoms with Crippen LogP contribution in [0.15, 0.2) is 23.9 Å². The van der Waals surface area contributed by atoms with Gasteiger partial charge >= 0.3 is 6.03 Å². The Morgan fingerprint density at radius 1 is 1.06 bits per heavy atom. The first-order valence-electron chi connectivity index (χ1n) is 5.46. The molecule has 3 amide bonds. The SMILES string of the molecule is O=C1NC(=O)/C(=C\c2ccc3c(c2)OCCO3)N1. The van der Waals surface area contributed by atoms with Crippen LogP contribution in [0.4, 0.5) is 4.79 Å². The van der Waals surface area contributed by atoms with E-state index in [0.717, 1.165) is 5.56 Å². The summed E-state index contributed by atoms with van der Waals surface area (Å²) in [5.74, 6) is 0.888.